The van der Waals surface area contributed by atoms with E-state index in [0.717, 1.165) is 22.9 Å². The van der Waals surface area contributed by atoms with Gasteiger partial charge < -0.3 is 14.6 Å². The van der Waals surface area contributed by atoms with Crippen LogP contribution in [0.15, 0.2) is 69.8 Å². The molecular weight excluding hydrogens is 402 g/mol. The van der Waals surface area contributed by atoms with E-state index >= 15 is 0 Å². The molecule has 0 spiro atoms. The molecule has 7 heteroatoms. The van der Waals surface area contributed by atoms with Crippen LogP contribution in [0.3, 0.4) is 0 Å². The van der Waals surface area contributed by atoms with Crippen LogP contribution < -0.4 is 4.74 Å². The maximum absolute atomic E-state index is 12.6. The highest BCUT2D eigenvalue weighted by molar-refractivity contribution is 8.18. The van der Waals surface area contributed by atoms with Crippen molar-refractivity contribution in [2.24, 2.45) is 4.99 Å². The van der Waals surface area contributed by atoms with E-state index < -0.39 is 11.9 Å². The Morgan fingerprint density at radius 3 is 2.37 bits per heavy atom. The standard InChI is InChI=1S/C23H21NO5S/c1-4-29-23(27)19-20(25)18(13-15-7-11-17(28-3)12-8-15)30-22(19)24-21(26)16-9-5-14(2)6-10-16/h5-13,25H,4H2,1-3H3/b18-13-,24-22?. The molecule has 2 aromatic carbocycles. The Kier molecular flexibility index (Phi) is 6.74. The lowest BCUT2D eigenvalue weighted by Crippen LogP contribution is -2.14. The van der Waals surface area contributed by atoms with Crippen molar-refractivity contribution in [1.82, 2.24) is 0 Å². The van der Waals surface area contributed by atoms with Crippen molar-refractivity contribution >= 4 is 34.8 Å². The molecule has 0 aromatic heterocycles. The maximum atomic E-state index is 12.6. The minimum atomic E-state index is -0.726. The number of aliphatic imine (C=N–C) groups is 1. The molecule has 0 fully saturated rings. The Morgan fingerprint density at radius 1 is 1.10 bits per heavy atom. The third kappa shape index (κ3) is 4.80. The van der Waals surface area contributed by atoms with Crippen molar-refractivity contribution in [3.63, 3.8) is 0 Å². The lowest BCUT2D eigenvalue weighted by molar-refractivity contribution is -0.138. The normalized spacial score (nSPS) is 16.2. The number of amides is 1. The fraction of sp³-hybridized carbons (Fsp3) is 0.174. The Morgan fingerprint density at radius 2 is 1.77 bits per heavy atom. The molecule has 0 aliphatic carbocycles. The van der Waals surface area contributed by atoms with Gasteiger partial charge in [-0.25, -0.2) is 9.79 Å². The minimum Gasteiger partial charge on any atom is -0.506 e. The van der Waals surface area contributed by atoms with Gasteiger partial charge in [0.1, 0.15) is 22.1 Å². The molecule has 0 atom stereocenters. The second-order valence-corrected chi connectivity index (χ2v) is 7.45. The zero-order valence-corrected chi connectivity index (χ0v) is 17.7. The molecule has 1 aliphatic rings. The first-order valence-electron chi connectivity index (χ1n) is 9.27. The second-order valence-electron chi connectivity index (χ2n) is 6.42. The molecule has 2 aromatic rings. The number of rotatable bonds is 5. The number of methoxy groups -OCH3 is 1. The number of ether oxygens (including phenoxy) is 2. The molecule has 0 bridgehead atoms. The molecule has 0 unspecified atom stereocenters. The van der Waals surface area contributed by atoms with Gasteiger partial charge in [-0.2, -0.15) is 0 Å². The quantitative estimate of drug-likeness (QED) is 0.702. The van der Waals surface area contributed by atoms with E-state index in [1.807, 2.05) is 31.2 Å². The Labute approximate surface area is 178 Å². The van der Waals surface area contributed by atoms with Gasteiger partial charge in [-0.05, 0) is 49.8 Å². The summed E-state index contributed by atoms with van der Waals surface area (Å²) in [6.07, 6.45) is 1.71. The van der Waals surface area contributed by atoms with Gasteiger partial charge in [-0.3, -0.25) is 4.79 Å². The highest BCUT2D eigenvalue weighted by Crippen LogP contribution is 2.39. The molecule has 6 nitrogen and oxygen atoms in total. The van der Waals surface area contributed by atoms with Crippen molar-refractivity contribution in [2.75, 3.05) is 13.7 Å². The summed E-state index contributed by atoms with van der Waals surface area (Å²) in [6, 6.07) is 14.2. The van der Waals surface area contributed by atoms with Crippen molar-refractivity contribution in [2.45, 2.75) is 13.8 Å². The molecule has 0 saturated carbocycles. The summed E-state index contributed by atoms with van der Waals surface area (Å²) in [5.74, 6) is -0.784. The van der Waals surface area contributed by atoms with Crippen molar-refractivity contribution in [1.29, 1.82) is 0 Å². The van der Waals surface area contributed by atoms with E-state index in [2.05, 4.69) is 4.99 Å². The molecule has 1 N–H and O–H groups in total. The number of nitrogens with zero attached hydrogens (tertiary/aromatic N) is 1. The fourth-order valence-corrected chi connectivity index (χ4v) is 3.71. The smallest absolute Gasteiger partial charge is 0.344 e. The van der Waals surface area contributed by atoms with Gasteiger partial charge in [-0.1, -0.05) is 41.6 Å². The molecule has 0 saturated heterocycles. The predicted octanol–water partition coefficient (Wildman–Crippen LogP) is 4.71. The largest absolute Gasteiger partial charge is 0.506 e. The highest BCUT2D eigenvalue weighted by Gasteiger charge is 2.33. The zero-order valence-electron chi connectivity index (χ0n) is 16.8. The van der Waals surface area contributed by atoms with Crippen LogP contribution in [0.5, 0.6) is 5.75 Å². The Bertz CT molecular complexity index is 1050. The number of aliphatic hydroxyl groups is 1. The van der Waals surface area contributed by atoms with Crippen LogP contribution in [0.25, 0.3) is 6.08 Å². The van der Waals surface area contributed by atoms with E-state index in [4.69, 9.17) is 9.47 Å². The van der Waals surface area contributed by atoms with Crippen LogP contribution in [0.4, 0.5) is 0 Å². The van der Waals surface area contributed by atoms with E-state index in [9.17, 15) is 14.7 Å². The van der Waals surface area contributed by atoms with Gasteiger partial charge in [-0.15, -0.1) is 0 Å². The third-order valence-electron chi connectivity index (χ3n) is 4.29. The molecule has 154 valence electrons. The van der Waals surface area contributed by atoms with E-state index in [0.29, 0.717) is 16.2 Å². The number of aliphatic hydroxyl groups excluding tert-OH is 1. The zero-order chi connectivity index (χ0) is 21.7. The predicted molar refractivity (Wildman–Crippen MR) is 118 cm³/mol. The average molecular weight is 423 g/mol. The van der Waals surface area contributed by atoms with Crippen molar-refractivity contribution in [3.05, 3.63) is 81.5 Å². The maximum Gasteiger partial charge on any atom is 0.344 e. The minimum absolute atomic E-state index is 0.108. The number of carbonyl (C=O) groups excluding carboxylic acids is 2. The molecule has 0 radical (unpaired) electrons. The summed E-state index contributed by atoms with van der Waals surface area (Å²) in [6.45, 7) is 3.72. The summed E-state index contributed by atoms with van der Waals surface area (Å²) in [5.41, 5.74) is 2.09. The lowest BCUT2D eigenvalue weighted by Gasteiger charge is -2.03. The number of hydrogen-bond acceptors (Lipinski definition) is 6. The highest BCUT2D eigenvalue weighted by atomic mass is 32.2. The van der Waals surface area contributed by atoms with Gasteiger partial charge in [0.05, 0.1) is 18.6 Å². The van der Waals surface area contributed by atoms with Gasteiger partial charge in [0.15, 0.2) is 0 Å². The van der Waals surface area contributed by atoms with Crippen LogP contribution in [-0.2, 0) is 9.53 Å². The first kappa shape index (κ1) is 21.4. The monoisotopic (exact) mass is 423 g/mol. The van der Waals surface area contributed by atoms with E-state index in [1.54, 1.807) is 44.4 Å². The summed E-state index contributed by atoms with van der Waals surface area (Å²) < 4.78 is 10.2. The number of thioether (sulfide) groups is 1. The molecule has 1 amide bonds. The first-order chi connectivity index (χ1) is 14.4. The van der Waals surface area contributed by atoms with Gasteiger partial charge in [0.25, 0.3) is 5.91 Å². The fourth-order valence-electron chi connectivity index (χ4n) is 2.70. The van der Waals surface area contributed by atoms with Gasteiger partial charge in [0, 0.05) is 5.56 Å². The molecule has 1 aliphatic heterocycles. The third-order valence-corrected chi connectivity index (χ3v) is 5.31. The van der Waals surface area contributed by atoms with Crippen LogP contribution in [0, 0.1) is 6.92 Å². The summed E-state index contributed by atoms with van der Waals surface area (Å²) >= 11 is 1.05. The van der Waals surface area contributed by atoms with Crippen LogP contribution >= 0.6 is 11.8 Å². The SMILES string of the molecule is CCOC(=O)C1=C(O)/C(=C/c2ccc(OC)cc2)SC1=NC(=O)c1ccc(C)cc1. The Hall–Kier alpha value is -3.32. The number of hydrogen-bond donors (Lipinski definition) is 1. The molecule has 1 heterocycles. The van der Waals surface area contributed by atoms with Crippen LogP contribution in [-0.4, -0.2) is 35.7 Å². The molecule has 3 rings (SSSR count). The van der Waals surface area contributed by atoms with E-state index in [-0.39, 0.29) is 23.0 Å². The van der Waals surface area contributed by atoms with Gasteiger partial charge >= 0.3 is 5.97 Å². The number of aryl methyl sites for hydroxylation is 1. The Balaban J connectivity index is 1.97. The van der Waals surface area contributed by atoms with E-state index in [1.165, 1.54) is 0 Å². The summed E-state index contributed by atoms with van der Waals surface area (Å²) in [5, 5.41) is 10.8. The summed E-state index contributed by atoms with van der Waals surface area (Å²) in [4.78, 5) is 29.5. The first-order valence-corrected chi connectivity index (χ1v) is 10.1. The number of esters is 1. The molecule has 30 heavy (non-hydrogen) atoms. The van der Waals surface area contributed by atoms with Crippen molar-refractivity contribution in [3.8, 4) is 5.75 Å². The van der Waals surface area contributed by atoms with Crippen LogP contribution in [0.2, 0.25) is 0 Å². The topological polar surface area (TPSA) is 85.2 Å². The average Bonchev–Trinajstić information content (AvgIpc) is 3.04. The number of carbonyl (C=O) groups is 2. The van der Waals surface area contributed by atoms with Crippen molar-refractivity contribution < 1.29 is 24.2 Å². The number of benzene rings is 2. The summed E-state index contributed by atoms with van der Waals surface area (Å²) in [7, 11) is 1.58. The van der Waals surface area contributed by atoms with Crippen LogP contribution in [0.1, 0.15) is 28.4 Å². The van der Waals surface area contributed by atoms with Gasteiger partial charge in [0.2, 0.25) is 0 Å². The lowest BCUT2D eigenvalue weighted by atomic mass is 10.1. The molecular formula is C23H21NO5S. The second kappa shape index (κ2) is 9.45.